The maximum atomic E-state index is 13.1. The molecule has 0 spiro atoms. The first-order valence-corrected chi connectivity index (χ1v) is 6.26. The topological polar surface area (TPSA) is 49.6 Å². The van der Waals surface area contributed by atoms with Crippen molar-refractivity contribution >= 4 is 23.0 Å². The van der Waals surface area contributed by atoms with Gasteiger partial charge >= 0.3 is 0 Å². The Morgan fingerprint density at radius 2 is 2.26 bits per heavy atom. The van der Waals surface area contributed by atoms with Gasteiger partial charge in [-0.25, -0.2) is 4.39 Å². The maximum Gasteiger partial charge on any atom is 0.298 e. The molecule has 1 aromatic carbocycles. The number of fused-ring (bicyclic) bond motifs is 1. The van der Waals surface area contributed by atoms with E-state index >= 15 is 0 Å². The van der Waals surface area contributed by atoms with Crippen LogP contribution in [0.2, 0.25) is 0 Å². The Balaban J connectivity index is 1.87. The van der Waals surface area contributed by atoms with E-state index in [-0.39, 0.29) is 18.3 Å². The summed E-state index contributed by atoms with van der Waals surface area (Å²) in [5.74, 6) is -0.302. The molecule has 2 aromatic rings. The highest BCUT2D eigenvalue weighted by atomic mass is 19.1. The first-order valence-electron chi connectivity index (χ1n) is 6.26. The van der Waals surface area contributed by atoms with E-state index in [0.717, 1.165) is 0 Å². The molecule has 1 amide bonds. The number of hydrogen-bond acceptors (Lipinski definition) is 4. The summed E-state index contributed by atoms with van der Waals surface area (Å²) < 4.78 is 18.6. The standard InChI is InChI=1S/C13H14FN3O2/c1-2-16-5-6-17(8-12(16)18)13-15-10-4-3-9(14)7-11(10)19-13/h3-4,7H,2,5-6,8H2,1H3. The summed E-state index contributed by atoms with van der Waals surface area (Å²) in [5.41, 5.74) is 1.00. The van der Waals surface area contributed by atoms with Crippen molar-refractivity contribution in [3.63, 3.8) is 0 Å². The minimum Gasteiger partial charge on any atom is -0.423 e. The summed E-state index contributed by atoms with van der Waals surface area (Å²) in [6.07, 6.45) is 0. The van der Waals surface area contributed by atoms with Crippen LogP contribution in [0.25, 0.3) is 11.1 Å². The molecule has 1 aliphatic rings. The van der Waals surface area contributed by atoms with Crippen LogP contribution in [0.3, 0.4) is 0 Å². The zero-order valence-corrected chi connectivity index (χ0v) is 10.6. The number of nitrogens with zero attached hydrogens (tertiary/aromatic N) is 3. The quantitative estimate of drug-likeness (QED) is 0.826. The lowest BCUT2D eigenvalue weighted by molar-refractivity contribution is -0.130. The molecular formula is C13H14FN3O2. The van der Waals surface area contributed by atoms with Gasteiger partial charge in [-0.15, -0.1) is 0 Å². The average Bonchev–Trinajstić information content (AvgIpc) is 2.81. The molecule has 100 valence electrons. The number of piperazine rings is 1. The highest BCUT2D eigenvalue weighted by Crippen LogP contribution is 2.23. The van der Waals surface area contributed by atoms with Gasteiger partial charge < -0.3 is 14.2 Å². The molecule has 0 unspecified atom stereocenters. The Bertz CT molecular complexity index is 625. The molecule has 1 saturated heterocycles. The van der Waals surface area contributed by atoms with Crippen LogP contribution in [0.1, 0.15) is 6.92 Å². The second-order valence-electron chi connectivity index (χ2n) is 4.50. The van der Waals surface area contributed by atoms with E-state index in [1.807, 2.05) is 6.92 Å². The van der Waals surface area contributed by atoms with Gasteiger partial charge in [0, 0.05) is 25.7 Å². The molecule has 1 aliphatic heterocycles. The molecule has 5 nitrogen and oxygen atoms in total. The van der Waals surface area contributed by atoms with Gasteiger partial charge in [0.2, 0.25) is 5.91 Å². The maximum absolute atomic E-state index is 13.1. The molecule has 0 atom stereocenters. The fourth-order valence-electron chi connectivity index (χ4n) is 2.23. The molecule has 0 radical (unpaired) electrons. The van der Waals surface area contributed by atoms with Crippen molar-refractivity contribution < 1.29 is 13.6 Å². The number of likely N-dealkylation sites (N-methyl/N-ethyl adjacent to an activating group) is 1. The Morgan fingerprint density at radius 1 is 1.42 bits per heavy atom. The predicted molar refractivity (Wildman–Crippen MR) is 68.4 cm³/mol. The molecule has 1 fully saturated rings. The molecule has 6 heteroatoms. The molecular weight excluding hydrogens is 249 g/mol. The zero-order chi connectivity index (χ0) is 13.4. The number of amides is 1. The largest absolute Gasteiger partial charge is 0.423 e. The number of benzene rings is 1. The lowest BCUT2D eigenvalue weighted by Crippen LogP contribution is -2.50. The van der Waals surface area contributed by atoms with E-state index < -0.39 is 0 Å². The van der Waals surface area contributed by atoms with Crippen LogP contribution in [0, 0.1) is 5.82 Å². The first-order chi connectivity index (χ1) is 9.17. The van der Waals surface area contributed by atoms with Crippen LogP contribution in [0.5, 0.6) is 0 Å². The van der Waals surface area contributed by atoms with Gasteiger partial charge in [0.15, 0.2) is 5.58 Å². The van der Waals surface area contributed by atoms with Crippen molar-refractivity contribution in [1.82, 2.24) is 9.88 Å². The number of hydrogen-bond donors (Lipinski definition) is 0. The normalized spacial score (nSPS) is 16.4. The lowest BCUT2D eigenvalue weighted by Gasteiger charge is -2.32. The fraction of sp³-hybridized carbons (Fsp3) is 0.385. The third kappa shape index (κ3) is 2.14. The van der Waals surface area contributed by atoms with Crippen LogP contribution in [-0.2, 0) is 4.79 Å². The lowest BCUT2D eigenvalue weighted by atomic mass is 10.3. The molecule has 0 aliphatic carbocycles. The van der Waals surface area contributed by atoms with Gasteiger partial charge in [-0.1, -0.05) is 0 Å². The summed E-state index contributed by atoms with van der Waals surface area (Å²) in [5, 5.41) is 0. The second-order valence-corrected chi connectivity index (χ2v) is 4.50. The smallest absolute Gasteiger partial charge is 0.298 e. The molecule has 0 N–H and O–H groups in total. The number of carbonyl (C=O) groups excluding carboxylic acids is 1. The van der Waals surface area contributed by atoms with Gasteiger partial charge in [0.05, 0.1) is 0 Å². The monoisotopic (exact) mass is 263 g/mol. The van der Waals surface area contributed by atoms with Crippen LogP contribution in [0.4, 0.5) is 10.4 Å². The average molecular weight is 263 g/mol. The number of halogens is 1. The SMILES string of the molecule is CCN1CCN(c2nc3ccc(F)cc3o2)CC1=O. The van der Waals surface area contributed by atoms with Gasteiger partial charge in [0.25, 0.3) is 6.01 Å². The van der Waals surface area contributed by atoms with Crippen molar-refractivity contribution in [2.24, 2.45) is 0 Å². The number of rotatable bonds is 2. The number of carbonyl (C=O) groups is 1. The molecule has 2 heterocycles. The summed E-state index contributed by atoms with van der Waals surface area (Å²) in [6.45, 7) is 4.25. The van der Waals surface area contributed by atoms with Crippen LogP contribution in [0.15, 0.2) is 22.6 Å². The minimum absolute atomic E-state index is 0.0576. The Kier molecular flexibility index (Phi) is 2.85. The van der Waals surface area contributed by atoms with Crippen LogP contribution >= 0.6 is 0 Å². The third-order valence-electron chi connectivity index (χ3n) is 3.31. The van der Waals surface area contributed by atoms with E-state index in [1.165, 1.54) is 12.1 Å². The predicted octanol–water partition coefficient (Wildman–Crippen LogP) is 1.64. The summed E-state index contributed by atoms with van der Waals surface area (Å²) in [4.78, 5) is 19.7. The number of aromatic nitrogens is 1. The summed E-state index contributed by atoms with van der Waals surface area (Å²) in [7, 11) is 0. The molecule has 3 rings (SSSR count). The van der Waals surface area contributed by atoms with Gasteiger partial charge in [-0.05, 0) is 19.1 Å². The van der Waals surface area contributed by atoms with E-state index in [2.05, 4.69) is 4.98 Å². The van der Waals surface area contributed by atoms with Crippen molar-refractivity contribution in [1.29, 1.82) is 0 Å². The Hall–Kier alpha value is -2.11. The second kappa shape index (κ2) is 4.53. The Morgan fingerprint density at radius 3 is 3.00 bits per heavy atom. The number of anilines is 1. The Labute approximate surface area is 109 Å². The first kappa shape index (κ1) is 12.0. The molecule has 19 heavy (non-hydrogen) atoms. The van der Waals surface area contributed by atoms with Gasteiger partial charge in [-0.3, -0.25) is 4.79 Å². The molecule has 0 saturated carbocycles. The zero-order valence-electron chi connectivity index (χ0n) is 10.6. The summed E-state index contributed by atoms with van der Waals surface area (Å²) >= 11 is 0. The highest BCUT2D eigenvalue weighted by molar-refractivity contribution is 5.83. The van der Waals surface area contributed by atoms with Crippen molar-refractivity contribution in [2.45, 2.75) is 6.92 Å². The van der Waals surface area contributed by atoms with Gasteiger partial charge in [-0.2, -0.15) is 4.98 Å². The fourth-order valence-corrected chi connectivity index (χ4v) is 2.23. The van der Waals surface area contributed by atoms with Crippen LogP contribution in [-0.4, -0.2) is 42.0 Å². The minimum atomic E-state index is -0.359. The third-order valence-corrected chi connectivity index (χ3v) is 3.31. The molecule has 0 bridgehead atoms. The van der Waals surface area contributed by atoms with Crippen molar-refractivity contribution in [3.05, 3.63) is 24.0 Å². The van der Waals surface area contributed by atoms with E-state index in [0.29, 0.717) is 36.7 Å². The highest BCUT2D eigenvalue weighted by Gasteiger charge is 2.25. The van der Waals surface area contributed by atoms with E-state index in [1.54, 1.807) is 15.9 Å². The number of oxazole rings is 1. The summed E-state index contributed by atoms with van der Waals surface area (Å²) in [6, 6.07) is 4.59. The van der Waals surface area contributed by atoms with Crippen LogP contribution < -0.4 is 4.90 Å². The van der Waals surface area contributed by atoms with Gasteiger partial charge in [0.1, 0.15) is 17.9 Å². The van der Waals surface area contributed by atoms with E-state index in [4.69, 9.17) is 4.42 Å². The van der Waals surface area contributed by atoms with Crippen molar-refractivity contribution in [2.75, 3.05) is 31.1 Å². The molecule has 1 aromatic heterocycles. The van der Waals surface area contributed by atoms with Crippen molar-refractivity contribution in [3.8, 4) is 0 Å². The van der Waals surface area contributed by atoms with E-state index in [9.17, 15) is 9.18 Å².